The predicted octanol–water partition coefficient (Wildman–Crippen LogP) is 1.47. The molecule has 1 amide bonds. The molecule has 0 unspecified atom stereocenters. The molecule has 0 aliphatic rings. The Morgan fingerprint density at radius 1 is 1.47 bits per heavy atom. The molecule has 0 aliphatic carbocycles. The van der Waals surface area contributed by atoms with E-state index in [-0.39, 0.29) is 18.3 Å². The van der Waals surface area contributed by atoms with Gasteiger partial charge in [-0.3, -0.25) is 4.79 Å². The summed E-state index contributed by atoms with van der Waals surface area (Å²) < 4.78 is 5.37. The summed E-state index contributed by atoms with van der Waals surface area (Å²) in [6, 6.07) is 7.68. The maximum atomic E-state index is 11.2. The van der Waals surface area contributed by atoms with Crippen LogP contribution in [0.1, 0.15) is 18.9 Å². The van der Waals surface area contributed by atoms with E-state index in [2.05, 4.69) is 5.32 Å². The lowest BCUT2D eigenvalue weighted by Crippen LogP contribution is -2.24. The summed E-state index contributed by atoms with van der Waals surface area (Å²) in [6.45, 7) is 3.48. The Hall–Kier alpha value is -1.26. The maximum absolute atomic E-state index is 11.2. The molecule has 1 rings (SSSR count). The zero-order valence-corrected chi connectivity index (χ0v) is 10.8. The molecule has 0 heterocycles. The highest BCUT2D eigenvalue weighted by Crippen LogP contribution is 2.12. The number of carbonyl (C=O) groups excluding carboxylic acids is 1. The number of ether oxygens (including phenoxy) is 1. The predicted molar refractivity (Wildman–Crippen MR) is 70.4 cm³/mol. The summed E-state index contributed by atoms with van der Waals surface area (Å²) in [6.07, 6.45) is 0.366. The van der Waals surface area contributed by atoms with E-state index in [9.17, 15) is 4.79 Å². The molecular formula is C12H19ClN2O2. The topological polar surface area (TPSA) is 64.3 Å². The summed E-state index contributed by atoms with van der Waals surface area (Å²) in [5, 5.41) is 2.79. The summed E-state index contributed by atoms with van der Waals surface area (Å²) in [5.41, 5.74) is 6.31. The van der Waals surface area contributed by atoms with E-state index in [1.807, 2.05) is 31.2 Å². The van der Waals surface area contributed by atoms with Crippen molar-refractivity contribution in [2.45, 2.75) is 19.9 Å². The molecule has 0 aromatic heterocycles. The number of hydrogen-bond donors (Lipinski definition) is 2. The van der Waals surface area contributed by atoms with Gasteiger partial charge in [0.25, 0.3) is 0 Å². The van der Waals surface area contributed by atoms with Crippen LogP contribution in [0.3, 0.4) is 0 Å². The Balaban J connectivity index is 0.00000256. The quantitative estimate of drug-likeness (QED) is 0.812. The molecule has 1 aromatic carbocycles. The van der Waals surface area contributed by atoms with Crippen molar-refractivity contribution >= 4 is 18.3 Å². The number of nitrogens with two attached hydrogens (primary N) is 1. The monoisotopic (exact) mass is 258 g/mol. The van der Waals surface area contributed by atoms with Crippen LogP contribution in [0.25, 0.3) is 0 Å². The van der Waals surface area contributed by atoms with Gasteiger partial charge in [-0.05, 0) is 24.6 Å². The van der Waals surface area contributed by atoms with Crippen LogP contribution >= 0.6 is 12.4 Å². The molecule has 0 saturated carbocycles. The minimum absolute atomic E-state index is 0. The van der Waals surface area contributed by atoms with Crippen molar-refractivity contribution in [3.63, 3.8) is 0 Å². The molecule has 0 bridgehead atoms. The van der Waals surface area contributed by atoms with Gasteiger partial charge in [-0.15, -0.1) is 12.4 Å². The van der Waals surface area contributed by atoms with Crippen LogP contribution in [-0.2, 0) is 11.3 Å². The summed E-state index contributed by atoms with van der Waals surface area (Å²) in [5.74, 6) is 0.803. The fraction of sp³-hybridized carbons (Fsp3) is 0.417. The number of carbonyl (C=O) groups is 1. The highest BCUT2D eigenvalue weighted by atomic mass is 35.5. The lowest BCUT2D eigenvalue weighted by molar-refractivity contribution is -0.121. The molecule has 0 atom stereocenters. The molecule has 17 heavy (non-hydrogen) atoms. The number of rotatable bonds is 6. The first-order valence-electron chi connectivity index (χ1n) is 5.44. The molecule has 1 aromatic rings. The fourth-order valence-corrected chi connectivity index (χ4v) is 1.33. The molecule has 96 valence electrons. The molecule has 3 N–H and O–H groups in total. The van der Waals surface area contributed by atoms with E-state index in [1.54, 1.807) is 0 Å². The smallest absolute Gasteiger partial charge is 0.221 e. The van der Waals surface area contributed by atoms with Gasteiger partial charge in [0.15, 0.2) is 0 Å². The van der Waals surface area contributed by atoms with Crippen molar-refractivity contribution in [1.29, 1.82) is 0 Å². The van der Waals surface area contributed by atoms with Gasteiger partial charge in [0.1, 0.15) is 5.75 Å². The average Bonchev–Trinajstić information content (AvgIpc) is 2.28. The molecule has 4 nitrogen and oxygen atoms in total. The zero-order chi connectivity index (χ0) is 11.8. The minimum Gasteiger partial charge on any atom is -0.494 e. The van der Waals surface area contributed by atoms with Crippen molar-refractivity contribution < 1.29 is 9.53 Å². The molecule has 0 fully saturated rings. The lowest BCUT2D eigenvalue weighted by Gasteiger charge is -2.07. The average molecular weight is 259 g/mol. The Bertz CT molecular complexity index is 345. The van der Waals surface area contributed by atoms with Crippen molar-refractivity contribution in [3.05, 3.63) is 29.8 Å². The van der Waals surface area contributed by atoms with Crippen molar-refractivity contribution in [3.8, 4) is 5.75 Å². The number of benzene rings is 1. The second-order valence-electron chi connectivity index (χ2n) is 3.40. The fourth-order valence-electron chi connectivity index (χ4n) is 1.33. The van der Waals surface area contributed by atoms with Crippen molar-refractivity contribution in [2.75, 3.05) is 13.2 Å². The number of amides is 1. The lowest BCUT2D eigenvalue weighted by atomic mass is 10.2. The highest BCUT2D eigenvalue weighted by Gasteiger charge is 2.00. The third-order valence-corrected chi connectivity index (χ3v) is 2.07. The Kier molecular flexibility index (Phi) is 8.19. The van der Waals surface area contributed by atoms with Crippen LogP contribution in [0.2, 0.25) is 0 Å². The minimum atomic E-state index is -0.0238. The second kappa shape index (κ2) is 8.84. The molecule has 0 radical (unpaired) electrons. The Morgan fingerprint density at radius 3 is 2.88 bits per heavy atom. The normalized spacial score (nSPS) is 9.29. The van der Waals surface area contributed by atoms with Gasteiger partial charge < -0.3 is 15.8 Å². The molecule has 0 saturated heterocycles. The summed E-state index contributed by atoms with van der Waals surface area (Å²) in [4.78, 5) is 11.2. The van der Waals surface area contributed by atoms with Crippen molar-refractivity contribution in [2.24, 2.45) is 5.73 Å². The van der Waals surface area contributed by atoms with Gasteiger partial charge in [0.05, 0.1) is 6.61 Å². The van der Waals surface area contributed by atoms with Gasteiger partial charge in [0, 0.05) is 19.5 Å². The van der Waals surface area contributed by atoms with Crippen LogP contribution in [0, 0.1) is 0 Å². The van der Waals surface area contributed by atoms with Gasteiger partial charge in [-0.1, -0.05) is 12.1 Å². The molecular weight excluding hydrogens is 240 g/mol. The standard InChI is InChI=1S/C12H18N2O2.ClH/c1-2-16-11-5-3-4-10(8-11)9-14-12(15)6-7-13;/h3-5,8H,2,6-7,9,13H2,1H3,(H,14,15);1H. The summed E-state index contributed by atoms with van der Waals surface area (Å²) >= 11 is 0. The Labute approximate surface area is 108 Å². The van der Waals surface area contributed by atoms with Gasteiger partial charge in [-0.2, -0.15) is 0 Å². The zero-order valence-electron chi connectivity index (χ0n) is 9.94. The van der Waals surface area contributed by atoms with Crippen LogP contribution in [-0.4, -0.2) is 19.1 Å². The third kappa shape index (κ3) is 6.14. The number of halogens is 1. The van der Waals surface area contributed by atoms with E-state index < -0.39 is 0 Å². The van der Waals surface area contributed by atoms with Crippen LogP contribution in [0.15, 0.2) is 24.3 Å². The highest BCUT2D eigenvalue weighted by molar-refractivity contribution is 5.85. The van der Waals surface area contributed by atoms with Crippen LogP contribution in [0.4, 0.5) is 0 Å². The van der Waals surface area contributed by atoms with Crippen molar-refractivity contribution in [1.82, 2.24) is 5.32 Å². The van der Waals surface area contributed by atoms with Gasteiger partial charge in [0.2, 0.25) is 5.91 Å². The van der Waals surface area contributed by atoms with E-state index in [4.69, 9.17) is 10.5 Å². The SMILES string of the molecule is CCOc1cccc(CNC(=O)CCN)c1.Cl. The summed E-state index contributed by atoms with van der Waals surface area (Å²) in [7, 11) is 0. The van der Waals surface area contributed by atoms with Gasteiger partial charge >= 0.3 is 0 Å². The first kappa shape index (κ1) is 15.7. The molecule has 5 heteroatoms. The first-order chi connectivity index (χ1) is 7.76. The van der Waals surface area contributed by atoms with Crippen LogP contribution < -0.4 is 15.8 Å². The maximum Gasteiger partial charge on any atom is 0.221 e. The van der Waals surface area contributed by atoms with E-state index in [0.717, 1.165) is 11.3 Å². The molecule has 0 spiro atoms. The number of nitrogens with one attached hydrogen (secondary N) is 1. The van der Waals surface area contributed by atoms with E-state index >= 15 is 0 Å². The van der Waals surface area contributed by atoms with E-state index in [1.165, 1.54) is 0 Å². The molecule has 0 aliphatic heterocycles. The number of hydrogen-bond acceptors (Lipinski definition) is 3. The largest absolute Gasteiger partial charge is 0.494 e. The van der Waals surface area contributed by atoms with E-state index in [0.29, 0.717) is 26.1 Å². The Morgan fingerprint density at radius 2 is 2.24 bits per heavy atom. The third-order valence-electron chi connectivity index (χ3n) is 2.07. The van der Waals surface area contributed by atoms with Gasteiger partial charge in [-0.25, -0.2) is 0 Å². The van der Waals surface area contributed by atoms with Crippen LogP contribution in [0.5, 0.6) is 5.75 Å². The first-order valence-corrected chi connectivity index (χ1v) is 5.44. The second-order valence-corrected chi connectivity index (χ2v) is 3.40.